The van der Waals surface area contributed by atoms with Crippen molar-refractivity contribution >= 4 is 17.8 Å². The number of nitro groups is 1. The van der Waals surface area contributed by atoms with Gasteiger partial charge < -0.3 is 10.8 Å². The van der Waals surface area contributed by atoms with E-state index in [2.05, 4.69) is 5.10 Å². The van der Waals surface area contributed by atoms with E-state index in [4.69, 9.17) is 10.8 Å². The van der Waals surface area contributed by atoms with Gasteiger partial charge in [0.2, 0.25) is 0 Å². The molecule has 1 aromatic carbocycles. The molecule has 0 spiro atoms. The monoisotopic (exact) mass is 290 g/mol. The number of rotatable bonds is 6. The zero-order valence-electron chi connectivity index (χ0n) is 11.1. The van der Waals surface area contributed by atoms with E-state index in [0.717, 1.165) is 0 Å². The summed E-state index contributed by atoms with van der Waals surface area (Å²) < 4.78 is 1.41. The van der Waals surface area contributed by atoms with E-state index < -0.39 is 4.92 Å². The smallest absolute Gasteiger partial charge is 0.270 e. The molecule has 8 heteroatoms. The molecule has 0 fully saturated rings. The molecular formula is C13H14N4O4. The average Bonchev–Trinajstić information content (AvgIpc) is 2.81. The summed E-state index contributed by atoms with van der Waals surface area (Å²) in [5.41, 5.74) is 6.68. The third kappa shape index (κ3) is 2.90. The summed E-state index contributed by atoms with van der Waals surface area (Å²) >= 11 is 0. The molecule has 1 aromatic heterocycles. The molecule has 0 unspecified atom stereocenters. The number of aryl methyl sites for hydroxylation is 1. The molecule has 21 heavy (non-hydrogen) atoms. The van der Waals surface area contributed by atoms with Crippen LogP contribution in [0.2, 0.25) is 0 Å². The maximum Gasteiger partial charge on any atom is 0.270 e. The first-order chi connectivity index (χ1) is 10.1. The van der Waals surface area contributed by atoms with Crippen LogP contribution in [0.25, 0.3) is 11.3 Å². The summed E-state index contributed by atoms with van der Waals surface area (Å²) in [6.45, 7) is 0.333. The maximum atomic E-state index is 11.2. The zero-order chi connectivity index (χ0) is 15.4. The van der Waals surface area contributed by atoms with Gasteiger partial charge in [0.15, 0.2) is 6.29 Å². The van der Waals surface area contributed by atoms with Crippen LogP contribution in [0.4, 0.5) is 11.5 Å². The summed E-state index contributed by atoms with van der Waals surface area (Å²) in [6, 6.07) is 5.84. The molecule has 0 radical (unpaired) electrons. The first-order valence-electron chi connectivity index (χ1n) is 6.25. The van der Waals surface area contributed by atoms with E-state index in [-0.39, 0.29) is 23.7 Å². The Kier molecular flexibility index (Phi) is 4.29. The molecule has 110 valence electrons. The largest absolute Gasteiger partial charge is 0.396 e. The Hall–Kier alpha value is -2.74. The van der Waals surface area contributed by atoms with Gasteiger partial charge in [-0.15, -0.1) is 0 Å². The fourth-order valence-electron chi connectivity index (χ4n) is 1.98. The standard InChI is InChI=1S/C13H14N4O4/c14-13-11(8-19)12(15-16(13)5-2-6-18)9-3-1-4-10(7-9)17(20)21/h1,3-4,7-8,18H,2,5-6,14H2. The molecule has 3 N–H and O–H groups in total. The summed E-state index contributed by atoms with van der Waals surface area (Å²) in [5, 5.41) is 23.9. The van der Waals surface area contributed by atoms with Crippen molar-refractivity contribution < 1.29 is 14.8 Å². The number of carbonyl (C=O) groups excluding carboxylic acids is 1. The van der Waals surface area contributed by atoms with Crippen LogP contribution >= 0.6 is 0 Å². The first kappa shape index (κ1) is 14.7. The van der Waals surface area contributed by atoms with Gasteiger partial charge in [-0.2, -0.15) is 5.10 Å². The van der Waals surface area contributed by atoms with Crippen LogP contribution in [0.1, 0.15) is 16.8 Å². The molecule has 8 nitrogen and oxygen atoms in total. The second-order valence-electron chi connectivity index (χ2n) is 4.37. The van der Waals surface area contributed by atoms with Crippen molar-refractivity contribution in [1.29, 1.82) is 0 Å². The fraction of sp³-hybridized carbons (Fsp3) is 0.231. The van der Waals surface area contributed by atoms with Gasteiger partial charge in [0.1, 0.15) is 11.5 Å². The van der Waals surface area contributed by atoms with Crippen molar-refractivity contribution in [2.24, 2.45) is 0 Å². The number of aliphatic hydroxyl groups excluding tert-OH is 1. The lowest BCUT2D eigenvalue weighted by molar-refractivity contribution is -0.384. The van der Waals surface area contributed by atoms with Crippen LogP contribution < -0.4 is 5.73 Å². The Morgan fingerprint density at radius 2 is 2.24 bits per heavy atom. The number of benzene rings is 1. The molecule has 0 aliphatic rings. The number of carbonyl (C=O) groups is 1. The van der Waals surface area contributed by atoms with Gasteiger partial charge in [-0.1, -0.05) is 12.1 Å². The van der Waals surface area contributed by atoms with Gasteiger partial charge in [0.25, 0.3) is 5.69 Å². The molecule has 1 heterocycles. The molecule has 0 bridgehead atoms. The van der Waals surface area contributed by atoms with Gasteiger partial charge in [0, 0.05) is 30.8 Å². The third-order valence-electron chi connectivity index (χ3n) is 3.01. The molecule has 2 rings (SSSR count). The number of aliphatic hydroxyl groups is 1. The van der Waals surface area contributed by atoms with Crippen LogP contribution in [-0.4, -0.2) is 32.7 Å². The van der Waals surface area contributed by atoms with Crippen molar-refractivity contribution in [3.63, 3.8) is 0 Å². The minimum atomic E-state index is -0.518. The quantitative estimate of drug-likeness (QED) is 0.468. The van der Waals surface area contributed by atoms with E-state index in [1.807, 2.05) is 0 Å². The van der Waals surface area contributed by atoms with E-state index in [1.54, 1.807) is 6.07 Å². The Morgan fingerprint density at radius 1 is 1.48 bits per heavy atom. The minimum absolute atomic E-state index is 0.0259. The van der Waals surface area contributed by atoms with E-state index in [1.165, 1.54) is 22.9 Å². The van der Waals surface area contributed by atoms with Crippen molar-refractivity contribution in [2.75, 3.05) is 12.3 Å². The number of nitro benzene ring substituents is 1. The number of nitrogen functional groups attached to an aromatic ring is 1. The third-order valence-corrected chi connectivity index (χ3v) is 3.01. The van der Waals surface area contributed by atoms with Crippen LogP contribution in [0, 0.1) is 10.1 Å². The second kappa shape index (κ2) is 6.14. The SMILES string of the molecule is Nc1c(C=O)c(-c2cccc([N+](=O)[O-])c2)nn1CCCO. The summed E-state index contributed by atoms with van der Waals surface area (Å²) in [4.78, 5) is 21.5. The Labute approximate surface area is 120 Å². The number of nitrogens with zero attached hydrogens (tertiary/aromatic N) is 3. The Bertz CT molecular complexity index is 681. The molecular weight excluding hydrogens is 276 g/mol. The number of hydrogen-bond donors (Lipinski definition) is 2. The predicted octanol–water partition coefficient (Wildman–Crippen LogP) is 1.24. The van der Waals surface area contributed by atoms with Gasteiger partial charge in [-0.3, -0.25) is 14.9 Å². The van der Waals surface area contributed by atoms with E-state index >= 15 is 0 Å². The van der Waals surface area contributed by atoms with Crippen LogP contribution in [-0.2, 0) is 6.54 Å². The number of hydrogen-bond acceptors (Lipinski definition) is 6. The zero-order valence-corrected chi connectivity index (χ0v) is 11.1. The van der Waals surface area contributed by atoms with Crippen LogP contribution in [0.15, 0.2) is 24.3 Å². The molecule has 2 aromatic rings. The number of nitrogens with two attached hydrogens (primary N) is 1. The fourth-order valence-corrected chi connectivity index (χ4v) is 1.98. The highest BCUT2D eigenvalue weighted by Gasteiger charge is 2.18. The molecule has 0 saturated carbocycles. The lowest BCUT2D eigenvalue weighted by Gasteiger charge is -2.01. The molecule has 0 atom stereocenters. The molecule has 0 amide bonds. The van der Waals surface area contributed by atoms with Gasteiger partial charge >= 0.3 is 0 Å². The van der Waals surface area contributed by atoms with Crippen molar-refractivity contribution in [1.82, 2.24) is 9.78 Å². The molecule has 0 aliphatic heterocycles. The highest BCUT2D eigenvalue weighted by Crippen LogP contribution is 2.28. The molecule has 0 aliphatic carbocycles. The van der Waals surface area contributed by atoms with Crippen LogP contribution in [0.3, 0.4) is 0 Å². The van der Waals surface area contributed by atoms with Crippen LogP contribution in [0.5, 0.6) is 0 Å². The van der Waals surface area contributed by atoms with Crippen molar-refractivity contribution in [2.45, 2.75) is 13.0 Å². The Morgan fingerprint density at radius 3 is 2.86 bits per heavy atom. The second-order valence-corrected chi connectivity index (χ2v) is 4.37. The lowest BCUT2D eigenvalue weighted by Crippen LogP contribution is -2.06. The highest BCUT2D eigenvalue weighted by molar-refractivity contribution is 5.91. The van der Waals surface area contributed by atoms with Gasteiger partial charge in [-0.05, 0) is 6.42 Å². The maximum absolute atomic E-state index is 11.2. The number of aldehydes is 1. The van der Waals surface area contributed by atoms with Gasteiger partial charge in [0.05, 0.1) is 10.5 Å². The number of non-ortho nitro benzene ring substituents is 1. The topological polar surface area (TPSA) is 124 Å². The number of aromatic nitrogens is 2. The van der Waals surface area contributed by atoms with Gasteiger partial charge in [-0.25, -0.2) is 4.68 Å². The average molecular weight is 290 g/mol. The first-order valence-corrected chi connectivity index (χ1v) is 6.25. The lowest BCUT2D eigenvalue weighted by atomic mass is 10.1. The molecule has 0 saturated heterocycles. The summed E-state index contributed by atoms with van der Waals surface area (Å²) in [7, 11) is 0. The van der Waals surface area contributed by atoms with Crippen molar-refractivity contribution in [3.8, 4) is 11.3 Å². The Balaban J connectivity index is 2.50. The summed E-state index contributed by atoms with van der Waals surface area (Å²) in [5.74, 6) is 0.181. The summed E-state index contributed by atoms with van der Waals surface area (Å²) in [6.07, 6.45) is 1.02. The van der Waals surface area contributed by atoms with E-state index in [0.29, 0.717) is 30.5 Å². The predicted molar refractivity (Wildman–Crippen MR) is 75.8 cm³/mol. The van der Waals surface area contributed by atoms with E-state index in [9.17, 15) is 14.9 Å². The van der Waals surface area contributed by atoms with Crippen molar-refractivity contribution in [3.05, 3.63) is 39.9 Å². The highest BCUT2D eigenvalue weighted by atomic mass is 16.6. The normalized spacial score (nSPS) is 10.5. The number of anilines is 1. The minimum Gasteiger partial charge on any atom is -0.396 e.